The first-order valence-corrected chi connectivity index (χ1v) is 7.35. The highest BCUT2D eigenvalue weighted by molar-refractivity contribution is 5.95. The highest BCUT2D eigenvalue weighted by atomic mass is 16.6. The van der Waals surface area contributed by atoms with E-state index in [4.69, 9.17) is 0 Å². The Bertz CT molecular complexity index is 574. The zero-order chi connectivity index (χ0) is 16.3. The van der Waals surface area contributed by atoms with Crippen LogP contribution in [0.5, 0.6) is 5.75 Å². The van der Waals surface area contributed by atoms with Crippen LogP contribution in [0.1, 0.15) is 36.0 Å². The first-order chi connectivity index (χ1) is 10.4. The summed E-state index contributed by atoms with van der Waals surface area (Å²) in [6.07, 6.45) is 4.16. The average Bonchev–Trinajstić information content (AvgIpc) is 2.47. The van der Waals surface area contributed by atoms with E-state index < -0.39 is 16.4 Å². The third kappa shape index (κ3) is 3.54. The van der Waals surface area contributed by atoms with Gasteiger partial charge in [0.25, 0.3) is 5.91 Å². The summed E-state index contributed by atoms with van der Waals surface area (Å²) in [6, 6.07) is 3.98. The lowest BCUT2D eigenvalue weighted by atomic mass is 9.89. The topological polar surface area (TPSA) is 95.7 Å². The first kappa shape index (κ1) is 16.2. The number of hydrogen-bond acceptors (Lipinski definition) is 5. The van der Waals surface area contributed by atoms with Gasteiger partial charge in [-0.05, 0) is 39.1 Å². The largest absolute Gasteiger partial charge is 0.502 e. The molecule has 0 aliphatic heterocycles. The second-order valence-corrected chi connectivity index (χ2v) is 5.86. The van der Waals surface area contributed by atoms with Crippen molar-refractivity contribution in [3.63, 3.8) is 0 Å². The Labute approximate surface area is 129 Å². The Morgan fingerprint density at radius 2 is 2.05 bits per heavy atom. The molecule has 7 nitrogen and oxygen atoms in total. The van der Waals surface area contributed by atoms with E-state index in [1.165, 1.54) is 6.07 Å². The number of nitrogens with zero attached hydrogens (tertiary/aromatic N) is 2. The molecule has 120 valence electrons. The Hall–Kier alpha value is -2.15. The van der Waals surface area contributed by atoms with Crippen LogP contribution in [-0.2, 0) is 0 Å². The summed E-state index contributed by atoms with van der Waals surface area (Å²) in [7, 11) is 3.99. The zero-order valence-corrected chi connectivity index (χ0v) is 12.8. The van der Waals surface area contributed by atoms with Gasteiger partial charge >= 0.3 is 5.69 Å². The molecule has 0 heterocycles. The Kier molecular flexibility index (Phi) is 4.97. The molecule has 22 heavy (non-hydrogen) atoms. The third-order valence-electron chi connectivity index (χ3n) is 4.14. The van der Waals surface area contributed by atoms with Crippen LogP contribution in [0, 0.1) is 10.1 Å². The number of nitro groups is 1. The first-order valence-electron chi connectivity index (χ1n) is 7.35. The number of likely N-dealkylation sites (N-methyl/N-ethyl adjacent to an activating group) is 1. The SMILES string of the molecule is CN(C)[C@@H]1CCCC[C@H]1NC(=O)c1ccc([N+](=O)[O-])c(O)c1. The molecule has 1 aromatic rings. The maximum atomic E-state index is 12.3. The summed E-state index contributed by atoms with van der Waals surface area (Å²) in [4.78, 5) is 24.4. The summed E-state index contributed by atoms with van der Waals surface area (Å²) in [6.45, 7) is 0. The molecule has 1 aliphatic carbocycles. The van der Waals surface area contributed by atoms with Crippen molar-refractivity contribution in [3.8, 4) is 5.75 Å². The molecule has 2 N–H and O–H groups in total. The van der Waals surface area contributed by atoms with Gasteiger partial charge in [-0.15, -0.1) is 0 Å². The molecule has 0 unspecified atom stereocenters. The normalized spacial score (nSPS) is 21.6. The van der Waals surface area contributed by atoms with Gasteiger partial charge in [0.05, 0.1) is 4.92 Å². The van der Waals surface area contributed by atoms with Crippen LogP contribution in [0.4, 0.5) is 5.69 Å². The van der Waals surface area contributed by atoms with E-state index in [-0.39, 0.29) is 23.6 Å². The second kappa shape index (κ2) is 6.74. The minimum atomic E-state index is -0.680. The fraction of sp³-hybridized carbons (Fsp3) is 0.533. The van der Waals surface area contributed by atoms with E-state index in [1.54, 1.807) is 0 Å². The van der Waals surface area contributed by atoms with E-state index in [0.717, 1.165) is 37.8 Å². The van der Waals surface area contributed by atoms with Crippen molar-refractivity contribution in [3.05, 3.63) is 33.9 Å². The Morgan fingerprint density at radius 3 is 2.64 bits per heavy atom. The molecule has 1 saturated carbocycles. The predicted octanol–water partition coefficient (Wildman–Crippen LogP) is 1.90. The minimum absolute atomic E-state index is 0.0496. The Balaban J connectivity index is 2.11. The fourth-order valence-electron chi connectivity index (χ4n) is 2.97. The molecule has 0 spiro atoms. The average molecular weight is 307 g/mol. The number of carbonyl (C=O) groups is 1. The van der Waals surface area contributed by atoms with Gasteiger partial charge in [0, 0.05) is 23.7 Å². The van der Waals surface area contributed by atoms with Crippen molar-refractivity contribution < 1.29 is 14.8 Å². The van der Waals surface area contributed by atoms with Gasteiger partial charge in [0.1, 0.15) is 0 Å². The van der Waals surface area contributed by atoms with Crippen LogP contribution in [0.3, 0.4) is 0 Å². The van der Waals surface area contributed by atoms with Gasteiger partial charge in [-0.3, -0.25) is 14.9 Å². The molecule has 2 rings (SSSR count). The molecule has 0 bridgehead atoms. The molecule has 1 aliphatic rings. The lowest BCUT2D eigenvalue weighted by molar-refractivity contribution is -0.385. The van der Waals surface area contributed by atoms with Crippen molar-refractivity contribution >= 4 is 11.6 Å². The van der Waals surface area contributed by atoms with Gasteiger partial charge in [-0.2, -0.15) is 0 Å². The van der Waals surface area contributed by atoms with E-state index >= 15 is 0 Å². The number of phenols is 1. The maximum Gasteiger partial charge on any atom is 0.310 e. The van der Waals surface area contributed by atoms with Gasteiger partial charge in [-0.1, -0.05) is 12.8 Å². The van der Waals surface area contributed by atoms with Crippen molar-refractivity contribution in [1.82, 2.24) is 10.2 Å². The maximum absolute atomic E-state index is 12.3. The molecule has 1 aromatic carbocycles. The molecule has 1 amide bonds. The van der Waals surface area contributed by atoms with E-state index in [2.05, 4.69) is 10.2 Å². The number of nitro benzene ring substituents is 1. The van der Waals surface area contributed by atoms with Crippen molar-refractivity contribution in [1.29, 1.82) is 0 Å². The summed E-state index contributed by atoms with van der Waals surface area (Å²) in [5, 5.41) is 23.3. The van der Waals surface area contributed by atoms with Gasteiger partial charge < -0.3 is 15.3 Å². The minimum Gasteiger partial charge on any atom is -0.502 e. The molecule has 0 radical (unpaired) electrons. The molecule has 0 saturated heterocycles. The van der Waals surface area contributed by atoms with Crippen LogP contribution in [0.25, 0.3) is 0 Å². The highest BCUT2D eigenvalue weighted by Gasteiger charge is 2.28. The molecular formula is C15H21N3O4. The summed E-state index contributed by atoms with van der Waals surface area (Å²) < 4.78 is 0. The van der Waals surface area contributed by atoms with E-state index in [1.807, 2.05) is 14.1 Å². The van der Waals surface area contributed by atoms with Crippen LogP contribution in [-0.4, -0.2) is 47.0 Å². The summed E-state index contributed by atoms with van der Waals surface area (Å²) in [5.41, 5.74) is -0.174. The number of amides is 1. The fourth-order valence-corrected chi connectivity index (χ4v) is 2.97. The van der Waals surface area contributed by atoms with Gasteiger partial charge in [-0.25, -0.2) is 0 Å². The lowest BCUT2D eigenvalue weighted by Crippen LogP contribution is -2.51. The molecule has 1 fully saturated rings. The number of aromatic hydroxyl groups is 1. The van der Waals surface area contributed by atoms with Crippen LogP contribution in [0.15, 0.2) is 18.2 Å². The zero-order valence-electron chi connectivity index (χ0n) is 12.8. The molecule has 0 aromatic heterocycles. The van der Waals surface area contributed by atoms with Crippen LogP contribution < -0.4 is 5.32 Å². The van der Waals surface area contributed by atoms with Crippen molar-refractivity contribution in [2.45, 2.75) is 37.8 Å². The van der Waals surface area contributed by atoms with Crippen LogP contribution >= 0.6 is 0 Å². The quantitative estimate of drug-likeness (QED) is 0.654. The summed E-state index contributed by atoms with van der Waals surface area (Å²) in [5.74, 6) is -0.811. The number of phenolic OH excluding ortho intramolecular Hbond substituents is 1. The number of carbonyl (C=O) groups excluding carboxylic acids is 1. The van der Waals surface area contributed by atoms with Gasteiger partial charge in [0.15, 0.2) is 5.75 Å². The number of hydrogen-bond donors (Lipinski definition) is 2. The monoisotopic (exact) mass is 307 g/mol. The molecule has 7 heteroatoms. The number of benzene rings is 1. The highest BCUT2D eigenvalue weighted by Crippen LogP contribution is 2.27. The smallest absolute Gasteiger partial charge is 0.310 e. The molecular weight excluding hydrogens is 286 g/mol. The standard InChI is InChI=1S/C15H21N3O4/c1-17(2)12-6-4-3-5-11(12)16-15(20)10-7-8-13(18(21)22)14(19)9-10/h7-9,11-12,19H,3-6H2,1-2H3,(H,16,20)/t11-,12-/m1/s1. The lowest BCUT2D eigenvalue weighted by Gasteiger charge is -2.36. The van der Waals surface area contributed by atoms with Crippen LogP contribution in [0.2, 0.25) is 0 Å². The van der Waals surface area contributed by atoms with Gasteiger partial charge in [0.2, 0.25) is 0 Å². The Morgan fingerprint density at radius 1 is 1.36 bits per heavy atom. The van der Waals surface area contributed by atoms with E-state index in [9.17, 15) is 20.0 Å². The number of nitrogens with one attached hydrogen (secondary N) is 1. The third-order valence-corrected chi connectivity index (χ3v) is 4.14. The second-order valence-electron chi connectivity index (χ2n) is 5.86. The van der Waals surface area contributed by atoms with Crippen molar-refractivity contribution in [2.24, 2.45) is 0 Å². The number of rotatable bonds is 4. The summed E-state index contributed by atoms with van der Waals surface area (Å²) >= 11 is 0. The predicted molar refractivity (Wildman–Crippen MR) is 82.0 cm³/mol. The molecule has 2 atom stereocenters. The van der Waals surface area contributed by atoms with Crippen molar-refractivity contribution in [2.75, 3.05) is 14.1 Å². The van der Waals surface area contributed by atoms with E-state index in [0.29, 0.717) is 0 Å².